The third-order valence-electron chi connectivity index (χ3n) is 5.02. The summed E-state index contributed by atoms with van der Waals surface area (Å²) in [5.74, 6) is 0.251. The standard InChI is InChI=1S/C21H16F2N4OS3/c1-11(17-24-13-6-3-4-7-14(13)27(17)20(22)23)31-21-25-18-16(19(28)26(21)2)12(10-30-18)15-8-5-9-29-15/h3-11,20H,1-2H3/t11-/m0/s1. The van der Waals surface area contributed by atoms with Crippen LogP contribution in [0.3, 0.4) is 0 Å². The molecule has 158 valence electrons. The lowest BCUT2D eigenvalue weighted by Gasteiger charge is -2.15. The summed E-state index contributed by atoms with van der Waals surface area (Å²) in [5.41, 5.74) is 1.64. The molecule has 0 unspecified atom stereocenters. The molecule has 0 aliphatic carbocycles. The minimum absolute atomic E-state index is 0.147. The molecule has 0 radical (unpaired) electrons. The molecule has 0 aliphatic rings. The topological polar surface area (TPSA) is 52.7 Å². The minimum Gasteiger partial charge on any atom is -0.290 e. The number of nitrogens with zero attached hydrogens (tertiary/aromatic N) is 4. The van der Waals surface area contributed by atoms with E-state index in [1.54, 1.807) is 49.6 Å². The van der Waals surface area contributed by atoms with E-state index in [2.05, 4.69) is 9.97 Å². The molecular weight excluding hydrogens is 458 g/mol. The average molecular weight is 475 g/mol. The summed E-state index contributed by atoms with van der Waals surface area (Å²) < 4.78 is 30.1. The van der Waals surface area contributed by atoms with Crippen LogP contribution in [0.2, 0.25) is 0 Å². The Morgan fingerprint density at radius 3 is 2.65 bits per heavy atom. The van der Waals surface area contributed by atoms with Crippen LogP contribution in [0.15, 0.2) is 57.1 Å². The molecule has 0 bridgehead atoms. The largest absolute Gasteiger partial charge is 0.320 e. The summed E-state index contributed by atoms with van der Waals surface area (Å²) in [5, 5.41) is 4.54. The molecule has 5 nitrogen and oxygen atoms in total. The van der Waals surface area contributed by atoms with Crippen LogP contribution < -0.4 is 5.56 Å². The summed E-state index contributed by atoms with van der Waals surface area (Å²) in [7, 11) is 1.66. The van der Waals surface area contributed by atoms with E-state index in [1.807, 2.05) is 22.9 Å². The highest BCUT2D eigenvalue weighted by Crippen LogP contribution is 2.39. The van der Waals surface area contributed by atoms with Crippen molar-refractivity contribution in [3.8, 4) is 10.4 Å². The summed E-state index contributed by atoms with van der Waals surface area (Å²) in [6.45, 7) is -0.914. The molecule has 0 fully saturated rings. The van der Waals surface area contributed by atoms with Crippen molar-refractivity contribution < 1.29 is 8.78 Å². The molecule has 0 amide bonds. The van der Waals surface area contributed by atoms with Crippen molar-refractivity contribution in [3.63, 3.8) is 0 Å². The van der Waals surface area contributed by atoms with Gasteiger partial charge in [0.2, 0.25) is 0 Å². The first-order valence-electron chi connectivity index (χ1n) is 9.39. The summed E-state index contributed by atoms with van der Waals surface area (Å²) in [4.78, 5) is 23.9. The maximum Gasteiger partial charge on any atom is 0.320 e. The number of alkyl halides is 2. The quantitative estimate of drug-likeness (QED) is 0.221. The SMILES string of the molecule is C[C@H](Sc1nc2scc(-c3cccs3)c2c(=O)n1C)c1nc2ccccc2n1C(F)F. The number of aromatic nitrogens is 4. The number of para-hydroxylation sites is 2. The average Bonchev–Trinajstić information content (AvgIpc) is 3.48. The molecule has 0 N–H and O–H groups in total. The van der Waals surface area contributed by atoms with Crippen LogP contribution in [0, 0.1) is 0 Å². The highest BCUT2D eigenvalue weighted by molar-refractivity contribution is 7.99. The summed E-state index contributed by atoms with van der Waals surface area (Å²) in [6.07, 6.45) is 0. The number of thioether (sulfide) groups is 1. The fourth-order valence-corrected chi connectivity index (χ4v) is 6.32. The van der Waals surface area contributed by atoms with E-state index >= 15 is 0 Å². The molecule has 4 heterocycles. The van der Waals surface area contributed by atoms with Crippen molar-refractivity contribution in [2.75, 3.05) is 0 Å². The van der Waals surface area contributed by atoms with Gasteiger partial charge in [0.05, 0.1) is 21.7 Å². The Bertz CT molecular complexity index is 1450. The molecule has 0 spiro atoms. The van der Waals surface area contributed by atoms with E-state index in [9.17, 15) is 13.6 Å². The monoisotopic (exact) mass is 474 g/mol. The van der Waals surface area contributed by atoms with Crippen LogP contribution in [0.4, 0.5) is 8.78 Å². The highest BCUT2D eigenvalue weighted by atomic mass is 32.2. The lowest BCUT2D eigenvalue weighted by molar-refractivity contribution is 0.0715. The minimum atomic E-state index is -2.71. The van der Waals surface area contributed by atoms with Crippen LogP contribution >= 0.6 is 34.4 Å². The summed E-state index contributed by atoms with van der Waals surface area (Å²) in [6, 6.07) is 10.8. The van der Waals surface area contributed by atoms with Crippen molar-refractivity contribution >= 4 is 55.7 Å². The molecule has 0 saturated heterocycles. The Labute approximate surface area is 188 Å². The maximum atomic E-state index is 13.8. The van der Waals surface area contributed by atoms with Gasteiger partial charge >= 0.3 is 6.55 Å². The molecule has 0 aliphatic heterocycles. The molecule has 1 aromatic carbocycles. The fraction of sp³-hybridized carbons (Fsp3) is 0.190. The van der Waals surface area contributed by atoms with Crippen LogP contribution in [0.5, 0.6) is 0 Å². The second kappa shape index (κ2) is 7.85. The van der Waals surface area contributed by atoms with E-state index in [4.69, 9.17) is 0 Å². The van der Waals surface area contributed by atoms with Gasteiger partial charge in [0.15, 0.2) is 5.16 Å². The predicted octanol–water partition coefficient (Wildman–Crippen LogP) is 6.32. The number of benzene rings is 1. The van der Waals surface area contributed by atoms with Crippen molar-refractivity contribution in [2.24, 2.45) is 7.05 Å². The Morgan fingerprint density at radius 2 is 1.90 bits per heavy atom. The number of hydrogen-bond donors (Lipinski definition) is 0. The predicted molar refractivity (Wildman–Crippen MR) is 123 cm³/mol. The Morgan fingerprint density at radius 1 is 1.10 bits per heavy atom. The number of fused-ring (bicyclic) bond motifs is 2. The van der Waals surface area contributed by atoms with E-state index in [-0.39, 0.29) is 11.4 Å². The molecular formula is C21H16F2N4OS3. The zero-order chi connectivity index (χ0) is 21.7. The van der Waals surface area contributed by atoms with Crippen molar-refractivity contribution in [2.45, 2.75) is 23.9 Å². The Balaban J connectivity index is 1.57. The van der Waals surface area contributed by atoms with Crippen LogP contribution in [0.1, 0.15) is 24.5 Å². The maximum absolute atomic E-state index is 13.8. The lowest BCUT2D eigenvalue weighted by atomic mass is 10.2. The van der Waals surface area contributed by atoms with Crippen molar-refractivity contribution in [1.29, 1.82) is 0 Å². The zero-order valence-corrected chi connectivity index (χ0v) is 18.9. The van der Waals surface area contributed by atoms with Gasteiger partial charge in [-0.15, -0.1) is 22.7 Å². The Hall–Kier alpha value is -2.56. The second-order valence-corrected chi connectivity index (χ2v) is 10.0. The second-order valence-electron chi connectivity index (χ2n) is 6.93. The van der Waals surface area contributed by atoms with E-state index in [1.165, 1.54) is 27.7 Å². The van der Waals surface area contributed by atoms with Crippen molar-refractivity contribution in [3.05, 3.63) is 63.3 Å². The van der Waals surface area contributed by atoms with E-state index in [0.29, 0.717) is 26.4 Å². The normalized spacial score (nSPS) is 12.9. The molecule has 4 aromatic heterocycles. The van der Waals surface area contributed by atoms with Gasteiger partial charge in [-0.1, -0.05) is 30.0 Å². The molecule has 1 atom stereocenters. The van der Waals surface area contributed by atoms with Gasteiger partial charge in [0.25, 0.3) is 5.56 Å². The van der Waals surface area contributed by atoms with Gasteiger partial charge in [-0.3, -0.25) is 13.9 Å². The first-order chi connectivity index (χ1) is 15.0. The van der Waals surface area contributed by atoms with E-state index in [0.717, 1.165) is 15.0 Å². The molecule has 10 heteroatoms. The fourth-order valence-electron chi connectivity index (χ4n) is 3.54. The summed E-state index contributed by atoms with van der Waals surface area (Å²) >= 11 is 4.23. The lowest BCUT2D eigenvalue weighted by Crippen LogP contribution is -2.20. The highest BCUT2D eigenvalue weighted by Gasteiger charge is 2.24. The number of imidazole rings is 1. The first kappa shape index (κ1) is 20.3. The number of hydrogen-bond acceptors (Lipinski definition) is 6. The van der Waals surface area contributed by atoms with Gasteiger partial charge in [0.1, 0.15) is 10.7 Å². The number of halogens is 2. The third kappa shape index (κ3) is 3.38. The third-order valence-corrected chi connectivity index (χ3v) is 7.94. The van der Waals surface area contributed by atoms with Crippen LogP contribution in [-0.2, 0) is 7.05 Å². The van der Waals surface area contributed by atoms with Crippen LogP contribution in [0.25, 0.3) is 31.7 Å². The number of thiophene rings is 2. The smallest absolute Gasteiger partial charge is 0.290 e. The van der Waals surface area contributed by atoms with Gasteiger partial charge < -0.3 is 0 Å². The van der Waals surface area contributed by atoms with Crippen LogP contribution in [-0.4, -0.2) is 19.1 Å². The molecule has 5 rings (SSSR count). The van der Waals surface area contributed by atoms with Crippen molar-refractivity contribution in [1.82, 2.24) is 19.1 Å². The van der Waals surface area contributed by atoms with Gasteiger partial charge in [-0.25, -0.2) is 9.97 Å². The molecule has 0 saturated carbocycles. The van der Waals surface area contributed by atoms with Gasteiger partial charge in [0, 0.05) is 22.9 Å². The molecule has 31 heavy (non-hydrogen) atoms. The van der Waals surface area contributed by atoms with Gasteiger partial charge in [-0.05, 0) is 30.5 Å². The Kier molecular flexibility index (Phi) is 5.15. The first-order valence-corrected chi connectivity index (χ1v) is 12.0. The number of rotatable bonds is 5. The van der Waals surface area contributed by atoms with Gasteiger partial charge in [-0.2, -0.15) is 8.78 Å². The zero-order valence-electron chi connectivity index (χ0n) is 16.5. The van der Waals surface area contributed by atoms with E-state index < -0.39 is 11.8 Å². The molecule has 5 aromatic rings.